The molecule has 2 N–H and O–H groups in total. The lowest BCUT2D eigenvalue weighted by Gasteiger charge is -2.12. The number of nitriles is 1. The van der Waals surface area contributed by atoms with Crippen LogP contribution in [0.5, 0.6) is 0 Å². The van der Waals surface area contributed by atoms with Crippen LogP contribution in [0.1, 0.15) is 16.8 Å². The summed E-state index contributed by atoms with van der Waals surface area (Å²) in [4.78, 5) is 3.16. The highest BCUT2D eigenvalue weighted by Crippen LogP contribution is 2.41. The van der Waals surface area contributed by atoms with Crippen LogP contribution in [0, 0.1) is 11.3 Å². The standard InChI is InChI=1S/C15H6ClF6N5/c16-8-3-6(5-23)1-2-9(8)27-12(24)11-7(14(17,18)19)4-10(15(20,21)22)25-13(11)26-27/h1-4H,24H2. The van der Waals surface area contributed by atoms with Gasteiger partial charge in [0.05, 0.1) is 33.3 Å². The number of hydrogen-bond acceptors (Lipinski definition) is 4. The Kier molecular flexibility index (Phi) is 4.19. The van der Waals surface area contributed by atoms with E-state index in [0.717, 1.165) is 4.68 Å². The summed E-state index contributed by atoms with van der Waals surface area (Å²) in [7, 11) is 0. The van der Waals surface area contributed by atoms with Crippen LogP contribution in [0.4, 0.5) is 32.2 Å². The SMILES string of the molecule is N#Cc1ccc(-n2nc3nc(C(F)(F)F)cc(C(F)(F)F)c3c2N)c(Cl)c1. The fraction of sp³-hybridized carbons (Fsp3) is 0.133. The number of anilines is 1. The molecule has 3 aromatic rings. The first-order chi connectivity index (χ1) is 12.4. The molecule has 12 heteroatoms. The number of aromatic nitrogens is 3. The van der Waals surface area contributed by atoms with E-state index in [4.69, 9.17) is 22.6 Å². The number of rotatable bonds is 1. The molecule has 2 aromatic heterocycles. The molecule has 0 spiro atoms. The van der Waals surface area contributed by atoms with Crippen molar-refractivity contribution in [3.8, 4) is 11.8 Å². The van der Waals surface area contributed by atoms with Crippen molar-refractivity contribution in [2.75, 3.05) is 5.73 Å². The van der Waals surface area contributed by atoms with Crippen LogP contribution in [0.25, 0.3) is 16.7 Å². The third kappa shape index (κ3) is 3.23. The van der Waals surface area contributed by atoms with Gasteiger partial charge in [0.2, 0.25) is 0 Å². The summed E-state index contributed by atoms with van der Waals surface area (Å²) in [6.07, 6.45) is -10.2. The zero-order valence-electron chi connectivity index (χ0n) is 12.8. The highest BCUT2D eigenvalue weighted by atomic mass is 35.5. The largest absolute Gasteiger partial charge is 0.433 e. The van der Waals surface area contributed by atoms with Gasteiger partial charge in [0.1, 0.15) is 11.5 Å². The maximum absolute atomic E-state index is 13.3. The van der Waals surface area contributed by atoms with Gasteiger partial charge in [-0.15, -0.1) is 5.10 Å². The predicted octanol–water partition coefficient (Wildman–Crippen LogP) is 4.57. The Morgan fingerprint density at radius 2 is 1.74 bits per heavy atom. The van der Waals surface area contributed by atoms with Gasteiger partial charge in [-0.05, 0) is 24.3 Å². The van der Waals surface area contributed by atoms with E-state index in [-0.39, 0.29) is 22.3 Å². The van der Waals surface area contributed by atoms with Gasteiger partial charge < -0.3 is 5.73 Å². The Bertz CT molecular complexity index is 1090. The van der Waals surface area contributed by atoms with E-state index in [9.17, 15) is 26.3 Å². The van der Waals surface area contributed by atoms with Crippen molar-refractivity contribution in [1.29, 1.82) is 5.26 Å². The lowest BCUT2D eigenvalue weighted by atomic mass is 10.1. The molecule has 5 nitrogen and oxygen atoms in total. The molecule has 0 aliphatic heterocycles. The van der Waals surface area contributed by atoms with Crippen molar-refractivity contribution >= 4 is 28.5 Å². The molecular formula is C15H6ClF6N5. The summed E-state index contributed by atoms with van der Waals surface area (Å²) < 4.78 is 79.4. The smallest absolute Gasteiger partial charge is 0.383 e. The highest BCUT2D eigenvalue weighted by Gasteiger charge is 2.41. The van der Waals surface area contributed by atoms with Gasteiger partial charge in [-0.1, -0.05) is 11.6 Å². The van der Waals surface area contributed by atoms with E-state index >= 15 is 0 Å². The summed E-state index contributed by atoms with van der Waals surface area (Å²) in [5.41, 5.74) is 1.65. The summed E-state index contributed by atoms with van der Waals surface area (Å²) in [5, 5.41) is 11.6. The van der Waals surface area contributed by atoms with E-state index in [2.05, 4.69) is 10.1 Å². The van der Waals surface area contributed by atoms with E-state index in [0.29, 0.717) is 0 Å². The third-order valence-electron chi connectivity index (χ3n) is 3.58. The Morgan fingerprint density at radius 3 is 2.26 bits per heavy atom. The zero-order valence-corrected chi connectivity index (χ0v) is 13.6. The van der Waals surface area contributed by atoms with Crippen molar-refractivity contribution in [1.82, 2.24) is 14.8 Å². The van der Waals surface area contributed by atoms with Crippen LogP contribution in [-0.2, 0) is 12.4 Å². The van der Waals surface area contributed by atoms with Gasteiger partial charge in [0, 0.05) is 0 Å². The maximum atomic E-state index is 13.3. The fourth-order valence-corrected chi connectivity index (χ4v) is 2.67. The number of benzene rings is 1. The van der Waals surface area contributed by atoms with Crippen LogP contribution < -0.4 is 5.73 Å². The van der Waals surface area contributed by atoms with Crippen molar-refractivity contribution in [2.45, 2.75) is 12.4 Å². The van der Waals surface area contributed by atoms with E-state index < -0.39 is 40.5 Å². The Hall–Kier alpha value is -3.00. The number of hydrogen-bond donors (Lipinski definition) is 1. The molecule has 0 bridgehead atoms. The molecule has 0 saturated heterocycles. The van der Waals surface area contributed by atoms with Gasteiger partial charge in [0.25, 0.3) is 0 Å². The molecule has 3 rings (SSSR count). The van der Waals surface area contributed by atoms with Crippen molar-refractivity contribution in [3.05, 3.63) is 46.1 Å². The van der Waals surface area contributed by atoms with Gasteiger partial charge >= 0.3 is 12.4 Å². The topological polar surface area (TPSA) is 80.5 Å². The van der Waals surface area contributed by atoms with Crippen molar-refractivity contribution < 1.29 is 26.3 Å². The summed E-state index contributed by atoms with van der Waals surface area (Å²) >= 11 is 5.99. The fourth-order valence-electron chi connectivity index (χ4n) is 2.41. The average Bonchev–Trinajstić information content (AvgIpc) is 2.89. The molecule has 0 aliphatic carbocycles. The van der Waals surface area contributed by atoms with Crippen molar-refractivity contribution in [2.24, 2.45) is 0 Å². The molecule has 27 heavy (non-hydrogen) atoms. The average molecular weight is 406 g/mol. The number of nitrogens with two attached hydrogens (primary N) is 1. The second kappa shape index (κ2) is 6.02. The number of fused-ring (bicyclic) bond motifs is 1. The molecule has 140 valence electrons. The second-order valence-electron chi connectivity index (χ2n) is 5.32. The Labute approximate surface area is 151 Å². The number of pyridine rings is 1. The van der Waals surface area contributed by atoms with Crippen LogP contribution in [0.15, 0.2) is 24.3 Å². The lowest BCUT2D eigenvalue weighted by Crippen LogP contribution is -2.13. The predicted molar refractivity (Wildman–Crippen MR) is 83.0 cm³/mol. The number of nitrogens with zero attached hydrogens (tertiary/aromatic N) is 4. The highest BCUT2D eigenvalue weighted by molar-refractivity contribution is 6.32. The minimum atomic E-state index is -5.13. The molecule has 2 heterocycles. The Morgan fingerprint density at radius 1 is 1.07 bits per heavy atom. The first-order valence-corrected chi connectivity index (χ1v) is 7.35. The van der Waals surface area contributed by atoms with Gasteiger partial charge in [-0.25, -0.2) is 9.67 Å². The summed E-state index contributed by atoms with van der Waals surface area (Å²) in [5.74, 6) is -0.592. The number of halogens is 7. The van der Waals surface area contributed by atoms with Crippen LogP contribution >= 0.6 is 11.6 Å². The van der Waals surface area contributed by atoms with Gasteiger partial charge in [-0.2, -0.15) is 31.6 Å². The van der Waals surface area contributed by atoms with E-state index in [1.165, 1.54) is 18.2 Å². The first kappa shape index (κ1) is 18.8. The molecule has 0 unspecified atom stereocenters. The summed E-state index contributed by atoms with van der Waals surface area (Å²) in [6.45, 7) is 0. The van der Waals surface area contributed by atoms with E-state index in [1.54, 1.807) is 0 Å². The quantitative estimate of drug-likeness (QED) is 0.602. The van der Waals surface area contributed by atoms with E-state index in [1.807, 2.05) is 6.07 Å². The second-order valence-corrected chi connectivity index (χ2v) is 5.73. The third-order valence-corrected chi connectivity index (χ3v) is 3.88. The van der Waals surface area contributed by atoms with Crippen LogP contribution in [-0.4, -0.2) is 14.8 Å². The number of nitrogen functional groups attached to an aromatic ring is 1. The van der Waals surface area contributed by atoms with Gasteiger partial charge in [-0.3, -0.25) is 0 Å². The summed E-state index contributed by atoms with van der Waals surface area (Å²) in [6, 6.07) is 5.45. The maximum Gasteiger partial charge on any atom is 0.433 e. The zero-order chi connectivity index (χ0) is 20.1. The monoisotopic (exact) mass is 405 g/mol. The molecule has 0 saturated carbocycles. The molecule has 1 aromatic carbocycles. The minimum Gasteiger partial charge on any atom is -0.383 e. The molecule has 0 aliphatic rings. The molecule has 0 fully saturated rings. The Balaban J connectivity index is 2.36. The first-order valence-electron chi connectivity index (χ1n) is 6.97. The minimum absolute atomic E-state index is 0.0205. The molecule has 0 amide bonds. The van der Waals surface area contributed by atoms with Crippen LogP contribution in [0.2, 0.25) is 5.02 Å². The molecule has 0 atom stereocenters. The molecular weight excluding hydrogens is 400 g/mol. The van der Waals surface area contributed by atoms with Gasteiger partial charge in [0.15, 0.2) is 5.65 Å². The normalized spacial score (nSPS) is 12.4. The van der Waals surface area contributed by atoms with Crippen molar-refractivity contribution in [3.63, 3.8) is 0 Å². The van der Waals surface area contributed by atoms with Crippen LogP contribution in [0.3, 0.4) is 0 Å². The number of alkyl halides is 6. The lowest BCUT2D eigenvalue weighted by molar-refractivity contribution is -0.144. The molecule has 0 radical (unpaired) electrons.